The summed E-state index contributed by atoms with van der Waals surface area (Å²) in [5.41, 5.74) is 4.28. The molecule has 160 valence electrons. The van der Waals surface area contributed by atoms with Crippen LogP contribution in [-0.4, -0.2) is 49.4 Å². The molecule has 3 rings (SSSR count). The summed E-state index contributed by atoms with van der Waals surface area (Å²) >= 11 is 0. The van der Waals surface area contributed by atoms with Crippen molar-refractivity contribution in [3.63, 3.8) is 0 Å². The fourth-order valence-electron chi connectivity index (χ4n) is 3.82. The summed E-state index contributed by atoms with van der Waals surface area (Å²) in [4.78, 5) is 27.2. The average Bonchev–Trinajstić information content (AvgIpc) is 2.78. The third-order valence-corrected chi connectivity index (χ3v) is 5.67. The van der Waals surface area contributed by atoms with Crippen LogP contribution in [0.2, 0.25) is 0 Å². The van der Waals surface area contributed by atoms with E-state index in [-0.39, 0.29) is 30.6 Å². The van der Waals surface area contributed by atoms with Crippen LogP contribution < -0.4 is 5.32 Å². The van der Waals surface area contributed by atoms with E-state index in [2.05, 4.69) is 48.3 Å². The standard InChI is InChI=1S/C25H32N2O3/c1-3-20-7-9-21(10-8-20)24(28)11-12-25(29)26-18-23(27-13-15-30-16-14-27)22-6-4-5-19(2)17-22/h4-10,17,23H,3,11-16,18H2,1-2H3,(H,26,29). The predicted molar refractivity (Wildman–Crippen MR) is 119 cm³/mol. The number of amides is 1. The first-order valence-corrected chi connectivity index (χ1v) is 10.8. The van der Waals surface area contributed by atoms with Crippen molar-refractivity contribution in [2.75, 3.05) is 32.8 Å². The van der Waals surface area contributed by atoms with E-state index >= 15 is 0 Å². The summed E-state index contributed by atoms with van der Waals surface area (Å²) in [6, 6.07) is 16.2. The van der Waals surface area contributed by atoms with Crippen molar-refractivity contribution in [3.8, 4) is 0 Å². The van der Waals surface area contributed by atoms with Crippen molar-refractivity contribution >= 4 is 11.7 Å². The topological polar surface area (TPSA) is 58.6 Å². The van der Waals surface area contributed by atoms with Gasteiger partial charge in [0.2, 0.25) is 5.91 Å². The molecule has 5 nitrogen and oxygen atoms in total. The van der Waals surface area contributed by atoms with Gasteiger partial charge in [0.05, 0.1) is 19.3 Å². The smallest absolute Gasteiger partial charge is 0.220 e. The fourth-order valence-corrected chi connectivity index (χ4v) is 3.82. The van der Waals surface area contributed by atoms with Gasteiger partial charge in [-0.2, -0.15) is 0 Å². The van der Waals surface area contributed by atoms with Crippen LogP contribution in [0.15, 0.2) is 48.5 Å². The molecule has 1 heterocycles. The molecule has 0 radical (unpaired) electrons. The molecule has 1 amide bonds. The predicted octanol–water partition coefficient (Wildman–Crippen LogP) is 3.71. The van der Waals surface area contributed by atoms with Crippen LogP contribution in [0.3, 0.4) is 0 Å². The number of ether oxygens (including phenoxy) is 1. The van der Waals surface area contributed by atoms with Crippen LogP contribution in [0, 0.1) is 6.92 Å². The third-order valence-electron chi connectivity index (χ3n) is 5.67. The van der Waals surface area contributed by atoms with E-state index in [0.717, 1.165) is 19.5 Å². The molecular weight excluding hydrogens is 376 g/mol. The zero-order valence-electron chi connectivity index (χ0n) is 18.0. The summed E-state index contributed by atoms with van der Waals surface area (Å²) in [6.07, 6.45) is 1.38. The van der Waals surface area contributed by atoms with Gasteiger partial charge >= 0.3 is 0 Å². The summed E-state index contributed by atoms with van der Waals surface area (Å²) < 4.78 is 5.49. The largest absolute Gasteiger partial charge is 0.379 e. The number of hydrogen-bond acceptors (Lipinski definition) is 4. The molecule has 0 spiro atoms. The summed E-state index contributed by atoms with van der Waals surface area (Å²) in [5.74, 6) is -0.0735. The monoisotopic (exact) mass is 408 g/mol. The Morgan fingerprint density at radius 1 is 1.07 bits per heavy atom. The highest BCUT2D eigenvalue weighted by Gasteiger charge is 2.23. The Labute approximate surface area is 179 Å². The third kappa shape index (κ3) is 6.25. The Kier molecular flexibility index (Phi) is 8.17. The van der Waals surface area contributed by atoms with E-state index in [0.29, 0.717) is 25.3 Å². The molecule has 5 heteroatoms. The van der Waals surface area contributed by atoms with Crippen molar-refractivity contribution in [2.45, 2.75) is 39.2 Å². The van der Waals surface area contributed by atoms with Crippen LogP contribution >= 0.6 is 0 Å². The molecule has 2 aromatic carbocycles. The normalized spacial score (nSPS) is 15.5. The lowest BCUT2D eigenvalue weighted by Gasteiger charge is -2.35. The average molecular weight is 409 g/mol. The molecule has 0 saturated carbocycles. The maximum absolute atomic E-state index is 12.5. The second kappa shape index (κ2) is 11.0. The summed E-state index contributed by atoms with van der Waals surface area (Å²) in [6.45, 7) is 7.81. The van der Waals surface area contributed by atoms with Gasteiger partial charge in [-0.3, -0.25) is 14.5 Å². The van der Waals surface area contributed by atoms with E-state index < -0.39 is 0 Å². The van der Waals surface area contributed by atoms with Crippen molar-refractivity contribution in [3.05, 3.63) is 70.8 Å². The van der Waals surface area contributed by atoms with Crippen LogP contribution in [0.5, 0.6) is 0 Å². The maximum Gasteiger partial charge on any atom is 0.220 e. The maximum atomic E-state index is 12.5. The number of nitrogens with zero attached hydrogens (tertiary/aromatic N) is 1. The highest BCUT2D eigenvalue weighted by Crippen LogP contribution is 2.22. The molecule has 1 fully saturated rings. The van der Waals surface area contributed by atoms with Crippen LogP contribution in [0.25, 0.3) is 0 Å². The van der Waals surface area contributed by atoms with E-state index in [4.69, 9.17) is 4.74 Å². The second-order valence-electron chi connectivity index (χ2n) is 7.86. The van der Waals surface area contributed by atoms with Gasteiger partial charge in [-0.05, 0) is 24.5 Å². The number of hydrogen-bond donors (Lipinski definition) is 1. The fraction of sp³-hybridized carbons (Fsp3) is 0.440. The van der Waals surface area contributed by atoms with E-state index in [1.165, 1.54) is 16.7 Å². The molecule has 1 saturated heterocycles. The number of Topliss-reactive ketones (excluding diaryl/α,β-unsaturated/α-hetero) is 1. The molecule has 1 aliphatic heterocycles. The minimum Gasteiger partial charge on any atom is -0.379 e. The molecule has 1 atom stereocenters. The first kappa shape index (κ1) is 22.2. The van der Waals surface area contributed by atoms with E-state index in [1.807, 2.05) is 24.3 Å². The molecule has 2 aromatic rings. The number of rotatable bonds is 9. The lowest BCUT2D eigenvalue weighted by atomic mass is 10.0. The molecule has 1 unspecified atom stereocenters. The minimum absolute atomic E-state index is 0.0104. The Balaban J connectivity index is 1.55. The minimum atomic E-state index is -0.0839. The highest BCUT2D eigenvalue weighted by molar-refractivity contribution is 5.97. The molecule has 0 aromatic heterocycles. The zero-order valence-corrected chi connectivity index (χ0v) is 18.0. The van der Waals surface area contributed by atoms with Gasteiger partial charge < -0.3 is 10.1 Å². The number of carbonyl (C=O) groups excluding carboxylic acids is 2. The van der Waals surface area contributed by atoms with Crippen molar-refractivity contribution in [1.82, 2.24) is 10.2 Å². The Hall–Kier alpha value is -2.50. The highest BCUT2D eigenvalue weighted by atomic mass is 16.5. The molecule has 1 aliphatic rings. The van der Waals surface area contributed by atoms with Crippen molar-refractivity contribution < 1.29 is 14.3 Å². The zero-order chi connectivity index (χ0) is 21.3. The Bertz CT molecular complexity index is 842. The van der Waals surface area contributed by atoms with Gasteiger partial charge in [0.25, 0.3) is 0 Å². The second-order valence-corrected chi connectivity index (χ2v) is 7.86. The van der Waals surface area contributed by atoms with Crippen LogP contribution in [0.4, 0.5) is 0 Å². The lowest BCUT2D eigenvalue weighted by molar-refractivity contribution is -0.121. The van der Waals surface area contributed by atoms with Gasteiger partial charge in [0, 0.05) is 38.0 Å². The first-order valence-electron chi connectivity index (χ1n) is 10.8. The molecule has 0 aliphatic carbocycles. The number of aryl methyl sites for hydroxylation is 2. The Morgan fingerprint density at radius 2 is 1.80 bits per heavy atom. The van der Waals surface area contributed by atoms with E-state index in [1.54, 1.807) is 0 Å². The van der Waals surface area contributed by atoms with Gasteiger partial charge in [-0.15, -0.1) is 0 Å². The first-order chi connectivity index (χ1) is 14.6. The van der Waals surface area contributed by atoms with Gasteiger partial charge in [-0.1, -0.05) is 61.0 Å². The quantitative estimate of drug-likeness (QED) is 0.643. The number of morpholine rings is 1. The van der Waals surface area contributed by atoms with Gasteiger partial charge in [0.15, 0.2) is 5.78 Å². The number of benzene rings is 2. The number of carbonyl (C=O) groups is 2. The van der Waals surface area contributed by atoms with Crippen LogP contribution in [-0.2, 0) is 16.0 Å². The Morgan fingerprint density at radius 3 is 2.47 bits per heavy atom. The SMILES string of the molecule is CCc1ccc(C(=O)CCC(=O)NCC(c2cccc(C)c2)N2CCOCC2)cc1. The molecular formula is C25H32N2O3. The lowest BCUT2D eigenvalue weighted by Crippen LogP contribution is -2.43. The van der Waals surface area contributed by atoms with Crippen LogP contribution in [0.1, 0.15) is 52.9 Å². The molecule has 0 bridgehead atoms. The summed E-state index contributed by atoms with van der Waals surface area (Å²) in [5, 5.41) is 3.05. The number of ketones is 1. The summed E-state index contributed by atoms with van der Waals surface area (Å²) in [7, 11) is 0. The molecule has 30 heavy (non-hydrogen) atoms. The van der Waals surface area contributed by atoms with Crippen molar-refractivity contribution in [2.24, 2.45) is 0 Å². The van der Waals surface area contributed by atoms with Crippen molar-refractivity contribution in [1.29, 1.82) is 0 Å². The number of nitrogens with one attached hydrogen (secondary N) is 1. The van der Waals surface area contributed by atoms with E-state index in [9.17, 15) is 9.59 Å². The van der Waals surface area contributed by atoms with Gasteiger partial charge in [-0.25, -0.2) is 0 Å². The molecule has 1 N–H and O–H groups in total. The van der Waals surface area contributed by atoms with Gasteiger partial charge in [0.1, 0.15) is 0 Å².